The van der Waals surface area contributed by atoms with Crippen molar-refractivity contribution in [2.24, 2.45) is 5.92 Å². The molecule has 1 atom stereocenters. The molecule has 1 aliphatic carbocycles. The number of aromatic hydroxyl groups is 1. The van der Waals surface area contributed by atoms with Crippen molar-refractivity contribution < 1.29 is 24.9 Å². The number of carbonyl (C=O) groups is 1. The maximum absolute atomic E-state index is 12.3. The van der Waals surface area contributed by atoms with Crippen LogP contribution in [0.1, 0.15) is 5.56 Å². The van der Waals surface area contributed by atoms with Crippen molar-refractivity contribution >= 4 is 28.4 Å². The van der Waals surface area contributed by atoms with Crippen LogP contribution in [-0.2, 0) is 9.53 Å². The maximum Gasteiger partial charge on any atom is 0.318 e. The molecule has 3 aromatic carbocycles. The molecule has 0 bridgehead atoms. The Kier molecular flexibility index (Phi) is 3.98. The lowest BCUT2D eigenvalue weighted by atomic mass is 9.79. The molecule has 0 aliphatic heterocycles. The van der Waals surface area contributed by atoms with Gasteiger partial charge in [-0.3, -0.25) is 4.79 Å². The Labute approximate surface area is 155 Å². The second-order valence-electron chi connectivity index (χ2n) is 6.54. The van der Waals surface area contributed by atoms with Gasteiger partial charge in [0, 0.05) is 11.1 Å². The van der Waals surface area contributed by atoms with Crippen LogP contribution in [0.2, 0.25) is 0 Å². The lowest BCUT2D eigenvalue weighted by molar-refractivity contribution is -0.172. The number of hydrogen-bond donors (Lipinski definition) is 3. The molecule has 0 heterocycles. The van der Waals surface area contributed by atoms with E-state index in [1.54, 1.807) is 42.5 Å². The van der Waals surface area contributed by atoms with Gasteiger partial charge in [-0.15, -0.1) is 0 Å². The summed E-state index contributed by atoms with van der Waals surface area (Å²) >= 11 is 0. The molecule has 0 unspecified atom stereocenters. The Morgan fingerprint density at radius 3 is 2.48 bits per heavy atom. The number of methoxy groups -OCH3 is 1. The molecule has 136 valence electrons. The predicted molar refractivity (Wildman–Crippen MR) is 101 cm³/mol. The third-order valence-electron chi connectivity index (χ3n) is 4.99. The molecule has 3 aromatic rings. The van der Waals surface area contributed by atoms with Crippen LogP contribution in [0.5, 0.6) is 5.75 Å². The number of esters is 1. The third kappa shape index (κ3) is 2.60. The van der Waals surface area contributed by atoms with Crippen LogP contribution in [0.15, 0.2) is 60.7 Å². The first kappa shape index (κ1) is 17.3. The summed E-state index contributed by atoms with van der Waals surface area (Å²) in [5.41, 5.74) is 0.359. The highest BCUT2D eigenvalue weighted by Crippen LogP contribution is 2.40. The van der Waals surface area contributed by atoms with E-state index in [0.29, 0.717) is 15.8 Å². The van der Waals surface area contributed by atoms with Crippen molar-refractivity contribution in [1.82, 2.24) is 0 Å². The van der Waals surface area contributed by atoms with Crippen molar-refractivity contribution in [2.45, 2.75) is 5.79 Å². The van der Waals surface area contributed by atoms with E-state index in [4.69, 9.17) is 4.74 Å². The molecule has 0 saturated heterocycles. The lowest BCUT2D eigenvalue weighted by Gasteiger charge is -2.33. The van der Waals surface area contributed by atoms with Crippen LogP contribution in [0.25, 0.3) is 22.4 Å². The fourth-order valence-electron chi connectivity index (χ4n) is 3.72. The largest absolute Gasteiger partial charge is 0.507 e. The Morgan fingerprint density at radius 1 is 1.00 bits per heavy atom. The molecule has 0 amide bonds. The average Bonchev–Trinajstić information content (AvgIpc) is 2.67. The standard InChI is InChI=1S/C22H18O5/c1-27-21(24)17-12-14-7-3-5-9-16(14)20(22(17,25)26)19-15-8-4-2-6-13(15)10-11-18(19)23/h2-12,17,23,25-26H,1H3/t17-/m1/s1. The van der Waals surface area contributed by atoms with E-state index in [2.05, 4.69) is 0 Å². The average molecular weight is 362 g/mol. The molecule has 27 heavy (non-hydrogen) atoms. The van der Waals surface area contributed by atoms with Crippen molar-refractivity contribution in [1.29, 1.82) is 0 Å². The van der Waals surface area contributed by atoms with Gasteiger partial charge in [0.1, 0.15) is 11.7 Å². The molecular formula is C22H18O5. The first-order chi connectivity index (χ1) is 12.9. The van der Waals surface area contributed by atoms with Crippen LogP contribution < -0.4 is 10.4 Å². The smallest absolute Gasteiger partial charge is 0.318 e. The monoisotopic (exact) mass is 362 g/mol. The van der Waals surface area contributed by atoms with Gasteiger partial charge in [-0.2, -0.15) is 0 Å². The van der Waals surface area contributed by atoms with Crippen LogP contribution >= 0.6 is 0 Å². The van der Waals surface area contributed by atoms with E-state index < -0.39 is 17.7 Å². The number of fused-ring (bicyclic) bond motifs is 2. The fraction of sp³-hybridized carbons (Fsp3) is 0.136. The summed E-state index contributed by atoms with van der Waals surface area (Å²) in [5.74, 6) is -4.75. The zero-order valence-corrected chi connectivity index (χ0v) is 14.6. The topological polar surface area (TPSA) is 87.0 Å². The number of phenolic OH excluding ortho intramolecular Hbond substituents is 1. The summed E-state index contributed by atoms with van der Waals surface area (Å²) in [4.78, 5) is 12.3. The number of aliphatic hydroxyl groups is 2. The van der Waals surface area contributed by atoms with Crippen LogP contribution in [0.3, 0.4) is 0 Å². The zero-order valence-electron chi connectivity index (χ0n) is 14.6. The summed E-state index contributed by atoms with van der Waals surface area (Å²) < 4.78 is 4.78. The Bertz CT molecular complexity index is 1180. The molecule has 4 rings (SSSR count). The van der Waals surface area contributed by atoms with Gasteiger partial charge in [0.2, 0.25) is 5.79 Å². The summed E-state index contributed by atoms with van der Waals surface area (Å²) in [6.07, 6.45) is 1.48. The molecular weight excluding hydrogens is 344 g/mol. The number of phenols is 1. The fourth-order valence-corrected chi connectivity index (χ4v) is 3.72. The van der Waals surface area contributed by atoms with Crippen molar-refractivity contribution in [3.8, 4) is 5.75 Å². The maximum atomic E-state index is 12.3. The lowest BCUT2D eigenvalue weighted by Crippen LogP contribution is -2.51. The number of ether oxygens (including phenoxy) is 1. The van der Waals surface area contributed by atoms with E-state index in [0.717, 1.165) is 5.39 Å². The van der Waals surface area contributed by atoms with E-state index in [-0.39, 0.29) is 16.9 Å². The van der Waals surface area contributed by atoms with Crippen molar-refractivity contribution in [2.75, 3.05) is 7.11 Å². The van der Waals surface area contributed by atoms with Crippen LogP contribution in [-0.4, -0.2) is 34.2 Å². The molecule has 5 heteroatoms. The normalized spacial score (nSPS) is 17.9. The molecule has 0 radical (unpaired) electrons. The summed E-state index contributed by atoms with van der Waals surface area (Å²) in [5, 5.41) is 35.4. The van der Waals surface area contributed by atoms with Gasteiger partial charge in [-0.1, -0.05) is 60.7 Å². The van der Waals surface area contributed by atoms with E-state index in [1.165, 1.54) is 19.3 Å². The zero-order chi connectivity index (χ0) is 19.2. The highest BCUT2D eigenvalue weighted by Gasteiger charge is 2.46. The van der Waals surface area contributed by atoms with Crippen LogP contribution in [0.4, 0.5) is 0 Å². The Morgan fingerprint density at radius 2 is 1.70 bits per heavy atom. The molecule has 5 nitrogen and oxygen atoms in total. The number of carbonyl (C=O) groups excluding carboxylic acids is 1. The number of rotatable bonds is 2. The van der Waals surface area contributed by atoms with Gasteiger partial charge in [0.05, 0.1) is 7.11 Å². The van der Waals surface area contributed by atoms with E-state index in [9.17, 15) is 20.1 Å². The molecule has 3 N–H and O–H groups in total. The highest BCUT2D eigenvalue weighted by molar-refractivity contribution is 5.99. The minimum Gasteiger partial charge on any atom is -0.507 e. The van der Waals surface area contributed by atoms with E-state index >= 15 is 0 Å². The van der Waals surface area contributed by atoms with Gasteiger partial charge >= 0.3 is 5.97 Å². The first-order valence-corrected chi connectivity index (χ1v) is 8.50. The molecule has 0 spiro atoms. The molecule has 0 aromatic heterocycles. The third-order valence-corrected chi connectivity index (χ3v) is 4.99. The quantitative estimate of drug-likeness (QED) is 0.468. The molecule has 0 saturated carbocycles. The van der Waals surface area contributed by atoms with Crippen molar-refractivity contribution in [3.63, 3.8) is 0 Å². The second-order valence-corrected chi connectivity index (χ2v) is 6.54. The van der Waals surface area contributed by atoms with Gasteiger partial charge in [-0.25, -0.2) is 0 Å². The summed E-state index contributed by atoms with van der Waals surface area (Å²) in [6, 6.07) is 17.7. The predicted octanol–water partition coefficient (Wildman–Crippen LogP) is 1.01. The van der Waals surface area contributed by atoms with Gasteiger partial charge in [0.25, 0.3) is 0 Å². The SMILES string of the molecule is COC(=O)[C@H]1C=c2ccccc2=C(c2c(O)ccc3ccccc23)C1(O)O. The first-order valence-electron chi connectivity index (χ1n) is 8.50. The van der Waals surface area contributed by atoms with Gasteiger partial charge in [0.15, 0.2) is 0 Å². The second kappa shape index (κ2) is 6.23. The van der Waals surface area contributed by atoms with Crippen LogP contribution in [0, 0.1) is 5.92 Å². The highest BCUT2D eigenvalue weighted by atomic mass is 16.5. The molecule has 1 aliphatic rings. The van der Waals surface area contributed by atoms with Gasteiger partial charge < -0.3 is 20.1 Å². The number of hydrogen-bond acceptors (Lipinski definition) is 5. The van der Waals surface area contributed by atoms with Crippen molar-refractivity contribution in [3.05, 3.63) is 76.7 Å². The summed E-state index contributed by atoms with van der Waals surface area (Å²) in [6.45, 7) is 0. The van der Waals surface area contributed by atoms with E-state index in [1.807, 2.05) is 12.1 Å². The minimum absolute atomic E-state index is 0.0744. The Balaban J connectivity index is 2.18. The Hall–Kier alpha value is -3.15. The van der Waals surface area contributed by atoms with Gasteiger partial charge in [-0.05, 0) is 27.3 Å². The number of benzene rings is 3. The summed E-state index contributed by atoms with van der Waals surface area (Å²) in [7, 11) is 1.20. The minimum atomic E-state index is -2.55. The molecule has 0 fully saturated rings.